The minimum atomic E-state index is 0.664. The first-order valence-electron chi connectivity index (χ1n) is 8.11. The molecular weight excluding hydrogens is 366 g/mol. The number of halogens is 1. The molecule has 26 heavy (non-hydrogen) atoms. The fourth-order valence-electron chi connectivity index (χ4n) is 3.07. The van der Waals surface area contributed by atoms with E-state index in [2.05, 4.69) is 15.3 Å². The summed E-state index contributed by atoms with van der Waals surface area (Å²) in [5.41, 5.74) is 12.5. The van der Waals surface area contributed by atoms with Crippen LogP contribution in [0.5, 0.6) is 0 Å². The summed E-state index contributed by atoms with van der Waals surface area (Å²) in [6.07, 6.45) is 1.87. The number of fused-ring (bicyclic) bond motifs is 1. The lowest BCUT2D eigenvalue weighted by Gasteiger charge is -2.16. The molecule has 0 amide bonds. The minimum absolute atomic E-state index is 0.664. The van der Waals surface area contributed by atoms with Crippen molar-refractivity contribution in [1.29, 1.82) is 0 Å². The van der Waals surface area contributed by atoms with Crippen LogP contribution in [0, 0.1) is 6.92 Å². The number of aromatic nitrogens is 3. The third kappa shape index (κ3) is 2.81. The van der Waals surface area contributed by atoms with Crippen molar-refractivity contribution in [3.8, 4) is 22.0 Å². The molecule has 2 N–H and O–H groups in total. The number of imidazole rings is 1. The summed E-state index contributed by atoms with van der Waals surface area (Å²) in [4.78, 5) is 11.6. The highest BCUT2D eigenvalue weighted by molar-refractivity contribution is 7.13. The second-order valence-corrected chi connectivity index (χ2v) is 7.62. The third-order valence-corrected chi connectivity index (χ3v) is 5.34. The number of nitrogen functional groups attached to an aromatic ring is 1. The van der Waals surface area contributed by atoms with Crippen LogP contribution in [0.25, 0.3) is 27.6 Å². The summed E-state index contributed by atoms with van der Waals surface area (Å²) >= 11 is 7.77. The van der Waals surface area contributed by atoms with Crippen LogP contribution in [0.2, 0.25) is 5.02 Å². The van der Waals surface area contributed by atoms with Crippen LogP contribution in [0.1, 0.15) is 5.69 Å². The van der Waals surface area contributed by atoms with Crippen molar-refractivity contribution < 1.29 is 0 Å². The molecule has 3 heterocycles. The average Bonchev–Trinajstić information content (AvgIpc) is 3.17. The van der Waals surface area contributed by atoms with E-state index in [1.807, 2.05) is 61.9 Å². The molecular formula is C19H18ClN5S. The van der Waals surface area contributed by atoms with E-state index in [1.54, 1.807) is 11.3 Å². The minimum Gasteiger partial charge on any atom is -0.399 e. The zero-order chi connectivity index (χ0) is 18.4. The molecule has 5 nitrogen and oxygen atoms in total. The van der Waals surface area contributed by atoms with Crippen LogP contribution >= 0.6 is 22.9 Å². The largest absolute Gasteiger partial charge is 0.399 e. The van der Waals surface area contributed by atoms with Crippen molar-refractivity contribution in [3.05, 3.63) is 52.6 Å². The molecule has 0 fully saturated rings. The summed E-state index contributed by atoms with van der Waals surface area (Å²) in [6, 6.07) is 9.65. The van der Waals surface area contributed by atoms with Crippen molar-refractivity contribution in [1.82, 2.24) is 14.4 Å². The third-order valence-electron chi connectivity index (χ3n) is 4.24. The van der Waals surface area contributed by atoms with Gasteiger partial charge < -0.3 is 10.6 Å². The molecule has 3 aromatic heterocycles. The van der Waals surface area contributed by atoms with Gasteiger partial charge in [-0.25, -0.2) is 9.97 Å². The predicted octanol–water partition coefficient (Wildman–Crippen LogP) is 4.73. The first-order chi connectivity index (χ1) is 12.4. The molecule has 0 saturated carbocycles. The number of pyridine rings is 1. The maximum Gasteiger partial charge on any atom is 0.137 e. The van der Waals surface area contributed by atoms with E-state index in [-0.39, 0.29) is 0 Å². The van der Waals surface area contributed by atoms with Gasteiger partial charge in [0.1, 0.15) is 16.3 Å². The van der Waals surface area contributed by atoms with Gasteiger partial charge in [-0.05, 0) is 37.3 Å². The van der Waals surface area contributed by atoms with Crippen LogP contribution in [-0.2, 0) is 0 Å². The molecule has 0 saturated heterocycles. The van der Waals surface area contributed by atoms with Gasteiger partial charge in [-0.2, -0.15) is 0 Å². The van der Waals surface area contributed by atoms with Gasteiger partial charge in [-0.1, -0.05) is 11.6 Å². The summed E-state index contributed by atoms with van der Waals surface area (Å²) in [5, 5.41) is 3.64. The summed E-state index contributed by atoms with van der Waals surface area (Å²) in [7, 11) is 4.03. The topological polar surface area (TPSA) is 59.5 Å². The van der Waals surface area contributed by atoms with Crippen LogP contribution in [0.4, 0.5) is 11.4 Å². The van der Waals surface area contributed by atoms with Crippen LogP contribution in [-0.4, -0.2) is 28.5 Å². The van der Waals surface area contributed by atoms with E-state index >= 15 is 0 Å². The highest BCUT2D eigenvalue weighted by atomic mass is 35.5. The van der Waals surface area contributed by atoms with Gasteiger partial charge >= 0.3 is 0 Å². The van der Waals surface area contributed by atoms with E-state index in [0.717, 1.165) is 44.7 Å². The van der Waals surface area contributed by atoms with E-state index in [0.29, 0.717) is 5.02 Å². The SMILES string of the molecule is Cc1nc2ccc(Cl)cn2c1-c1csc(-c2cc(N)ccc2N(C)C)n1. The molecule has 0 aliphatic carbocycles. The molecule has 4 aromatic rings. The second kappa shape index (κ2) is 6.30. The average molecular weight is 384 g/mol. The monoisotopic (exact) mass is 383 g/mol. The Labute approximate surface area is 160 Å². The Bertz CT molecular complexity index is 1110. The number of benzene rings is 1. The second-order valence-electron chi connectivity index (χ2n) is 6.33. The van der Waals surface area contributed by atoms with Crippen molar-refractivity contribution >= 4 is 40.0 Å². The molecule has 0 atom stereocenters. The highest BCUT2D eigenvalue weighted by Gasteiger charge is 2.17. The quantitative estimate of drug-likeness (QED) is 0.519. The van der Waals surface area contributed by atoms with Gasteiger partial charge in [0.15, 0.2) is 0 Å². The van der Waals surface area contributed by atoms with Crippen molar-refractivity contribution in [2.24, 2.45) is 0 Å². The zero-order valence-corrected chi connectivity index (χ0v) is 16.3. The summed E-state index contributed by atoms with van der Waals surface area (Å²) in [5.74, 6) is 0. The van der Waals surface area contributed by atoms with Gasteiger partial charge in [0.2, 0.25) is 0 Å². The molecule has 0 aliphatic rings. The smallest absolute Gasteiger partial charge is 0.137 e. The van der Waals surface area contributed by atoms with E-state index in [9.17, 15) is 0 Å². The summed E-state index contributed by atoms with van der Waals surface area (Å²) < 4.78 is 1.99. The first kappa shape index (κ1) is 16.9. The van der Waals surface area contributed by atoms with Crippen LogP contribution < -0.4 is 10.6 Å². The van der Waals surface area contributed by atoms with Gasteiger partial charge in [0, 0.05) is 42.6 Å². The fraction of sp³-hybridized carbons (Fsp3) is 0.158. The zero-order valence-electron chi connectivity index (χ0n) is 14.7. The molecule has 7 heteroatoms. The number of aryl methyl sites for hydroxylation is 1. The molecule has 0 bridgehead atoms. The standard InChI is InChI=1S/C19H18ClN5S/c1-11-18(25-9-12(20)4-7-17(25)22-11)15-10-26-19(23-15)14-8-13(21)5-6-16(14)24(2)3/h4-10H,21H2,1-3H3. The maximum absolute atomic E-state index is 6.18. The number of thiazole rings is 1. The Morgan fingerprint density at radius 2 is 1.96 bits per heavy atom. The number of anilines is 2. The van der Waals surface area contributed by atoms with E-state index < -0.39 is 0 Å². The Hall–Kier alpha value is -2.57. The Morgan fingerprint density at radius 1 is 1.15 bits per heavy atom. The molecule has 4 rings (SSSR count). The maximum atomic E-state index is 6.18. The lowest BCUT2D eigenvalue weighted by molar-refractivity contribution is 1.13. The Morgan fingerprint density at radius 3 is 2.73 bits per heavy atom. The molecule has 0 aliphatic heterocycles. The molecule has 132 valence electrons. The fourth-order valence-corrected chi connectivity index (χ4v) is 4.06. The number of nitrogens with zero attached hydrogens (tertiary/aromatic N) is 4. The Kier molecular flexibility index (Phi) is 4.09. The number of hydrogen-bond acceptors (Lipinski definition) is 5. The summed E-state index contributed by atoms with van der Waals surface area (Å²) in [6.45, 7) is 1.99. The molecule has 0 spiro atoms. The number of rotatable bonds is 3. The van der Waals surface area contributed by atoms with Gasteiger partial charge in [-0.15, -0.1) is 11.3 Å². The lowest BCUT2D eigenvalue weighted by atomic mass is 10.1. The molecule has 1 aromatic carbocycles. The van der Waals surface area contributed by atoms with E-state index in [1.165, 1.54) is 0 Å². The number of nitrogens with two attached hydrogens (primary N) is 1. The van der Waals surface area contributed by atoms with Gasteiger partial charge in [-0.3, -0.25) is 4.40 Å². The van der Waals surface area contributed by atoms with E-state index in [4.69, 9.17) is 22.3 Å². The number of hydrogen-bond donors (Lipinski definition) is 1. The molecule has 0 radical (unpaired) electrons. The van der Waals surface area contributed by atoms with Gasteiger partial charge in [0.05, 0.1) is 16.4 Å². The lowest BCUT2D eigenvalue weighted by Crippen LogP contribution is -2.10. The predicted molar refractivity (Wildman–Crippen MR) is 110 cm³/mol. The van der Waals surface area contributed by atoms with Crippen molar-refractivity contribution in [2.45, 2.75) is 6.92 Å². The van der Waals surface area contributed by atoms with Crippen LogP contribution in [0.3, 0.4) is 0 Å². The highest BCUT2D eigenvalue weighted by Crippen LogP contribution is 2.36. The van der Waals surface area contributed by atoms with Gasteiger partial charge in [0.25, 0.3) is 0 Å². The molecule has 0 unspecified atom stereocenters. The van der Waals surface area contributed by atoms with Crippen molar-refractivity contribution in [3.63, 3.8) is 0 Å². The first-order valence-corrected chi connectivity index (χ1v) is 9.37. The normalized spacial score (nSPS) is 11.2. The van der Waals surface area contributed by atoms with Crippen LogP contribution in [0.15, 0.2) is 41.9 Å². The van der Waals surface area contributed by atoms with Crippen molar-refractivity contribution in [2.75, 3.05) is 24.7 Å². The Balaban J connectivity index is 1.87.